The molecular formula is C20H23NO4. The van der Waals surface area contributed by atoms with Gasteiger partial charge in [0.25, 0.3) is 0 Å². The van der Waals surface area contributed by atoms with Gasteiger partial charge in [-0.05, 0) is 55.7 Å². The summed E-state index contributed by atoms with van der Waals surface area (Å²) < 4.78 is 9.93. The Balaban J connectivity index is 2.06. The molecule has 0 radical (unpaired) electrons. The lowest BCUT2D eigenvalue weighted by Gasteiger charge is -2.19. The van der Waals surface area contributed by atoms with Crippen molar-refractivity contribution in [3.05, 3.63) is 59.7 Å². The molecule has 25 heavy (non-hydrogen) atoms. The zero-order valence-corrected chi connectivity index (χ0v) is 15.0. The topological polar surface area (TPSA) is 64.6 Å². The number of esters is 1. The van der Waals surface area contributed by atoms with E-state index in [9.17, 15) is 9.59 Å². The molecule has 0 heterocycles. The van der Waals surface area contributed by atoms with Gasteiger partial charge in [0.15, 0.2) is 0 Å². The summed E-state index contributed by atoms with van der Waals surface area (Å²) in [6.07, 6.45) is -0.444. The van der Waals surface area contributed by atoms with Gasteiger partial charge in [-0.1, -0.05) is 30.3 Å². The number of carbonyl (C=O) groups is 2. The Bertz CT molecular complexity index is 745. The van der Waals surface area contributed by atoms with Gasteiger partial charge in [-0.3, -0.25) is 0 Å². The van der Waals surface area contributed by atoms with Crippen LogP contribution in [0.25, 0.3) is 11.1 Å². The standard InChI is InChI=1S/C20H23NO4/c1-20(2,3)25-19(23)21-13-14-6-5-7-17(12-14)15-8-10-16(11-9-15)18(22)24-4/h5-12H,13H2,1-4H3,(H,21,23). The predicted molar refractivity (Wildman–Crippen MR) is 96.3 cm³/mol. The molecule has 0 saturated heterocycles. The molecule has 1 amide bonds. The molecule has 0 saturated carbocycles. The van der Waals surface area contributed by atoms with Gasteiger partial charge in [0.05, 0.1) is 12.7 Å². The Hall–Kier alpha value is -2.82. The van der Waals surface area contributed by atoms with Gasteiger partial charge in [0.2, 0.25) is 0 Å². The predicted octanol–water partition coefficient (Wildman–Crippen LogP) is 4.16. The summed E-state index contributed by atoms with van der Waals surface area (Å²) in [5, 5.41) is 2.74. The SMILES string of the molecule is COC(=O)c1ccc(-c2cccc(CNC(=O)OC(C)(C)C)c2)cc1. The Morgan fingerprint density at radius 1 is 1.00 bits per heavy atom. The molecule has 0 aliphatic heterocycles. The maximum Gasteiger partial charge on any atom is 0.407 e. The van der Waals surface area contributed by atoms with E-state index in [4.69, 9.17) is 9.47 Å². The first-order valence-corrected chi connectivity index (χ1v) is 8.03. The molecule has 0 aliphatic carbocycles. The van der Waals surface area contributed by atoms with Crippen molar-refractivity contribution < 1.29 is 19.1 Å². The third-order valence-electron chi connectivity index (χ3n) is 3.40. The molecule has 0 aromatic heterocycles. The van der Waals surface area contributed by atoms with Gasteiger partial charge in [-0.15, -0.1) is 0 Å². The molecule has 5 nitrogen and oxygen atoms in total. The van der Waals surface area contributed by atoms with E-state index in [0.29, 0.717) is 12.1 Å². The molecule has 0 spiro atoms. The van der Waals surface area contributed by atoms with Gasteiger partial charge >= 0.3 is 12.1 Å². The summed E-state index contributed by atoms with van der Waals surface area (Å²) in [6.45, 7) is 5.85. The molecular weight excluding hydrogens is 318 g/mol. The Labute approximate surface area is 148 Å². The van der Waals surface area contributed by atoms with Gasteiger partial charge in [0.1, 0.15) is 5.60 Å². The normalized spacial score (nSPS) is 10.9. The van der Waals surface area contributed by atoms with Crippen molar-refractivity contribution in [1.29, 1.82) is 0 Å². The molecule has 2 aromatic rings. The minimum absolute atomic E-state index is 0.359. The zero-order valence-electron chi connectivity index (χ0n) is 15.0. The van der Waals surface area contributed by atoms with Gasteiger partial charge in [-0.25, -0.2) is 9.59 Å². The largest absolute Gasteiger partial charge is 0.465 e. The molecule has 0 bridgehead atoms. The number of hydrogen-bond donors (Lipinski definition) is 1. The number of nitrogens with one attached hydrogen (secondary N) is 1. The monoisotopic (exact) mass is 341 g/mol. The lowest BCUT2D eigenvalue weighted by molar-refractivity contribution is 0.0522. The Morgan fingerprint density at radius 3 is 2.28 bits per heavy atom. The van der Waals surface area contributed by atoms with Crippen LogP contribution in [0.5, 0.6) is 0 Å². The molecule has 0 atom stereocenters. The van der Waals surface area contributed by atoms with Gasteiger partial charge in [0, 0.05) is 6.54 Å². The second-order valence-electron chi connectivity index (χ2n) is 6.62. The van der Waals surface area contributed by atoms with Crippen LogP contribution in [-0.4, -0.2) is 24.8 Å². The summed E-state index contributed by atoms with van der Waals surface area (Å²) in [4.78, 5) is 23.2. The van der Waals surface area contributed by atoms with Crippen molar-refractivity contribution in [1.82, 2.24) is 5.32 Å². The van der Waals surface area contributed by atoms with Crippen LogP contribution < -0.4 is 5.32 Å². The number of hydrogen-bond acceptors (Lipinski definition) is 4. The van der Waals surface area contributed by atoms with E-state index in [0.717, 1.165) is 16.7 Å². The highest BCUT2D eigenvalue weighted by Crippen LogP contribution is 2.21. The fourth-order valence-electron chi connectivity index (χ4n) is 2.27. The first-order valence-electron chi connectivity index (χ1n) is 8.03. The smallest absolute Gasteiger partial charge is 0.407 e. The van der Waals surface area contributed by atoms with Crippen LogP contribution in [0.3, 0.4) is 0 Å². The highest BCUT2D eigenvalue weighted by molar-refractivity contribution is 5.90. The lowest BCUT2D eigenvalue weighted by atomic mass is 10.0. The van der Waals surface area contributed by atoms with Crippen molar-refractivity contribution in [3.8, 4) is 11.1 Å². The molecule has 0 unspecified atom stereocenters. The van der Waals surface area contributed by atoms with Crippen molar-refractivity contribution in [3.63, 3.8) is 0 Å². The zero-order chi connectivity index (χ0) is 18.4. The number of carbonyl (C=O) groups excluding carboxylic acids is 2. The third kappa shape index (κ3) is 5.64. The number of amides is 1. The van der Waals surface area contributed by atoms with Crippen LogP contribution in [-0.2, 0) is 16.0 Å². The van der Waals surface area contributed by atoms with Crippen LogP contribution in [0.15, 0.2) is 48.5 Å². The molecule has 0 aliphatic rings. The fourth-order valence-corrected chi connectivity index (χ4v) is 2.27. The van der Waals surface area contributed by atoms with Crippen LogP contribution >= 0.6 is 0 Å². The summed E-state index contributed by atoms with van der Waals surface area (Å²) in [5.41, 5.74) is 2.92. The number of ether oxygens (including phenoxy) is 2. The maximum absolute atomic E-state index is 11.7. The van der Waals surface area contributed by atoms with Gasteiger partial charge in [-0.2, -0.15) is 0 Å². The summed E-state index contributed by atoms with van der Waals surface area (Å²) in [6, 6.07) is 15.0. The summed E-state index contributed by atoms with van der Waals surface area (Å²) in [5.74, 6) is -0.359. The average Bonchev–Trinajstić information content (AvgIpc) is 2.58. The van der Waals surface area contributed by atoms with Crippen LogP contribution in [0.4, 0.5) is 4.79 Å². The van der Waals surface area contributed by atoms with Crippen molar-refractivity contribution in [2.24, 2.45) is 0 Å². The van der Waals surface area contributed by atoms with Crippen LogP contribution in [0.1, 0.15) is 36.7 Å². The minimum atomic E-state index is -0.521. The van der Waals surface area contributed by atoms with E-state index < -0.39 is 11.7 Å². The first-order chi connectivity index (χ1) is 11.8. The minimum Gasteiger partial charge on any atom is -0.465 e. The Morgan fingerprint density at radius 2 is 1.68 bits per heavy atom. The van der Waals surface area contributed by atoms with E-state index in [1.165, 1.54) is 7.11 Å². The second-order valence-corrected chi connectivity index (χ2v) is 6.62. The van der Waals surface area contributed by atoms with Gasteiger partial charge < -0.3 is 14.8 Å². The van der Waals surface area contributed by atoms with Crippen molar-refractivity contribution >= 4 is 12.1 Å². The molecule has 1 N–H and O–H groups in total. The van der Waals surface area contributed by atoms with E-state index in [2.05, 4.69) is 5.32 Å². The summed E-state index contributed by atoms with van der Waals surface area (Å²) >= 11 is 0. The van der Waals surface area contributed by atoms with E-state index >= 15 is 0 Å². The molecule has 0 fully saturated rings. The Kier molecular flexibility index (Phi) is 5.80. The van der Waals surface area contributed by atoms with Crippen LogP contribution in [0.2, 0.25) is 0 Å². The van der Waals surface area contributed by atoms with E-state index in [1.807, 2.05) is 57.2 Å². The van der Waals surface area contributed by atoms with E-state index in [-0.39, 0.29) is 5.97 Å². The van der Waals surface area contributed by atoms with Crippen LogP contribution in [0, 0.1) is 0 Å². The third-order valence-corrected chi connectivity index (χ3v) is 3.40. The number of alkyl carbamates (subject to hydrolysis) is 1. The molecule has 2 aromatic carbocycles. The maximum atomic E-state index is 11.7. The molecule has 5 heteroatoms. The first kappa shape index (κ1) is 18.5. The highest BCUT2D eigenvalue weighted by Gasteiger charge is 2.15. The van der Waals surface area contributed by atoms with Crippen molar-refractivity contribution in [2.75, 3.05) is 7.11 Å². The quantitative estimate of drug-likeness (QED) is 0.848. The molecule has 132 valence electrons. The number of rotatable bonds is 4. The lowest BCUT2D eigenvalue weighted by Crippen LogP contribution is -2.32. The summed E-state index contributed by atoms with van der Waals surface area (Å²) in [7, 11) is 1.36. The number of methoxy groups -OCH3 is 1. The van der Waals surface area contributed by atoms with Crippen molar-refractivity contribution in [2.45, 2.75) is 32.9 Å². The molecule has 2 rings (SSSR count). The highest BCUT2D eigenvalue weighted by atomic mass is 16.6. The second kappa shape index (κ2) is 7.83. The average molecular weight is 341 g/mol. The fraction of sp³-hybridized carbons (Fsp3) is 0.300. The number of benzene rings is 2. The van der Waals surface area contributed by atoms with E-state index in [1.54, 1.807) is 12.1 Å².